The van der Waals surface area contributed by atoms with Crippen LogP contribution in [0.5, 0.6) is 0 Å². The normalized spacial score (nSPS) is 13.2. The number of unbranched alkanes of at least 4 members (excludes halogenated alkanes) is 10. The summed E-state index contributed by atoms with van der Waals surface area (Å²) in [7, 11) is 3.92. The minimum atomic E-state index is -0.885. The maximum Gasteiger partial charge on any atom is 0.365 e. The molecule has 0 rings (SSSR count). The predicted molar refractivity (Wildman–Crippen MR) is 131 cm³/mol. The number of carboxylic acid groups (broad SMARTS) is 1. The number of amides is 1. The van der Waals surface area contributed by atoms with Gasteiger partial charge in [0.15, 0.2) is 11.7 Å². The summed E-state index contributed by atoms with van der Waals surface area (Å²) in [6.07, 6.45) is 17.1. The molecule has 0 radical (unpaired) electrons. The molecule has 0 saturated carbocycles. The monoisotopic (exact) mass is 441 g/mol. The van der Waals surface area contributed by atoms with Gasteiger partial charge in [0.2, 0.25) is 5.91 Å². The molecule has 0 bridgehead atoms. The molecule has 0 saturated heterocycles. The first-order chi connectivity index (χ1) is 14.7. The van der Waals surface area contributed by atoms with Gasteiger partial charge in [-0.05, 0) is 12.8 Å². The maximum atomic E-state index is 12.6. The Bertz CT molecular complexity index is 487. The van der Waals surface area contributed by atoms with Crippen molar-refractivity contribution in [2.75, 3.05) is 14.1 Å². The van der Waals surface area contributed by atoms with E-state index >= 15 is 0 Å². The standard InChI is InChI=1S/C26H52N2O3/c1-7-11-12-13-14-15-16-17-18-19-20-22-24(29)27-23(21-8-2)28(5,6)26(9-3,10-4)25(30)31/h23H,7-22H2,1-6H3,(H-,27,29,30,31)/p+1. The average molecular weight is 442 g/mol. The predicted octanol–water partition coefficient (Wildman–Crippen LogP) is 6.65. The Morgan fingerprint density at radius 3 is 1.61 bits per heavy atom. The second kappa shape index (κ2) is 16.5. The topological polar surface area (TPSA) is 66.4 Å². The summed E-state index contributed by atoms with van der Waals surface area (Å²) in [4.78, 5) is 24.8. The lowest BCUT2D eigenvalue weighted by atomic mass is 9.87. The molecule has 0 aliphatic rings. The molecule has 0 spiro atoms. The Labute approximate surface area is 192 Å². The van der Waals surface area contributed by atoms with E-state index in [1.807, 2.05) is 27.9 Å². The van der Waals surface area contributed by atoms with Crippen molar-refractivity contribution < 1.29 is 19.2 Å². The number of quaternary nitrogens is 1. The number of hydrogen-bond acceptors (Lipinski definition) is 2. The van der Waals surface area contributed by atoms with E-state index in [1.54, 1.807) is 0 Å². The van der Waals surface area contributed by atoms with Crippen LogP contribution in [-0.2, 0) is 9.59 Å². The first kappa shape index (κ1) is 29.9. The maximum absolute atomic E-state index is 12.6. The fourth-order valence-electron chi connectivity index (χ4n) is 4.95. The zero-order valence-electron chi connectivity index (χ0n) is 21.6. The highest BCUT2D eigenvalue weighted by Crippen LogP contribution is 2.32. The fraction of sp³-hybridized carbons (Fsp3) is 0.923. The molecule has 0 aliphatic carbocycles. The summed E-state index contributed by atoms with van der Waals surface area (Å²) in [5, 5.41) is 13.2. The Hall–Kier alpha value is -1.10. The van der Waals surface area contributed by atoms with E-state index in [0.717, 1.165) is 25.7 Å². The second-order valence-corrected chi connectivity index (χ2v) is 9.74. The van der Waals surface area contributed by atoms with Crippen LogP contribution in [0.2, 0.25) is 0 Å². The van der Waals surface area contributed by atoms with Crippen molar-refractivity contribution in [2.45, 2.75) is 142 Å². The van der Waals surface area contributed by atoms with E-state index in [9.17, 15) is 14.7 Å². The summed E-state index contributed by atoms with van der Waals surface area (Å²) >= 11 is 0. The van der Waals surface area contributed by atoms with Crippen molar-refractivity contribution in [3.05, 3.63) is 0 Å². The van der Waals surface area contributed by atoms with Crippen LogP contribution in [0.3, 0.4) is 0 Å². The Morgan fingerprint density at radius 1 is 0.774 bits per heavy atom. The zero-order valence-corrected chi connectivity index (χ0v) is 21.6. The number of carboxylic acids is 1. The number of carbonyl (C=O) groups excluding carboxylic acids is 1. The van der Waals surface area contributed by atoms with Crippen LogP contribution in [0.1, 0.15) is 130 Å². The number of rotatable bonds is 20. The van der Waals surface area contributed by atoms with Crippen molar-refractivity contribution in [3.8, 4) is 0 Å². The lowest BCUT2D eigenvalue weighted by molar-refractivity contribution is -0.958. The van der Waals surface area contributed by atoms with Gasteiger partial charge in [-0.1, -0.05) is 91.9 Å². The van der Waals surface area contributed by atoms with Gasteiger partial charge >= 0.3 is 5.97 Å². The summed E-state index contributed by atoms with van der Waals surface area (Å²) in [6.45, 7) is 8.22. The molecule has 0 fully saturated rings. The summed E-state index contributed by atoms with van der Waals surface area (Å²) in [6, 6.07) is 0. The highest BCUT2D eigenvalue weighted by atomic mass is 16.4. The number of nitrogens with one attached hydrogen (secondary N) is 1. The molecule has 1 atom stereocenters. The third kappa shape index (κ3) is 9.93. The molecule has 0 aromatic rings. The number of hydrogen-bond donors (Lipinski definition) is 2. The van der Waals surface area contributed by atoms with Crippen molar-refractivity contribution in [3.63, 3.8) is 0 Å². The van der Waals surface area contributed by atoms with Crippen LogP contribution in [0, 0.1) is 0 Å². The van der Waals surface area contributed by atoms with E-state index in [2.05, 4.69) is 19.2 Å². The zero-order chi connectivity index (χ0) is 23.8. The molecule has 2 N–H and O–H groups in total. The van der Waals surface area contributed by atoms with E-state index in [4.69, 9.17) is 0 Å². The molecule has 5 heteroatoms. The van der Waals surface area contributed by atoms with E-state index in [-0.39, 0.29) is 16.6 Å². The largest absolute Gasteiger partial charge is 0.477 e. The van der Waals surface area contributed by atoms with E-state index in [0.29, 0.717) is 19.3 Å². The molecule has 31 heavy (non-hydrogen) atoms. The lowest BCUT2D eigenvalue weighted by Gasteiger charge is -2.49. The van der Waals surface area contributed by atoms with Gasteiger partial charge in [-0.3, -0.25) is 9.28 Å². The molecule has 1 unspecified atom stereocenters. The summed E-state index contributed by atoms with van der Waals surface area (Å²) in [5.74, 6) is -0.713. The van der Waals surface area contributed by atoms with Crippen molar-refractivity contribution in [1.29, 1.82) is 0 Å². The Balaban J connectivity index is 4.42. The van der Waals surface area contributed by atoms with Crippen LogP contribution in [0.15, 0.2) is 0 Å². The fourth-order valence-corrected chi connectivity index (χ4v) is 4.95. The highest BCUT2D eigenvalue weighted by molar-refractivity contribution is 5.78. The van der Waals surface area contributed by atoms with Gasteiger partial charge in [0.1, 0.15) is 0 Å². The lowest BCUT2D eigenvalue weighted by Crippen LogP contribution is -2.71. The third-order valence-corrected chi connectivity index (χ3v) is 7.35. The molecule has 0 aromatic carbocycles. The highest BCUT2D eigenvalue weighted by Gasteiger charge is 2.53. The molecule has 184 valence electrons. The Morgan fingerprint density at radius 2 is 1.23 bits per heavy atom. The third-order valence-electron chi connectivity index (χ3n) is 7.35. The molecule has 0 aromatic heterocycles. The van der Waals surface area contributed by atoms with Gasteiger partial charge in [0.25, 0.3) is 0 Å². The summed E-state index contributed by atoms with van der Waals surface area (Å²) in [5.41, 5.74) is -0.885. The van der Waals surface area contributed by atoms with Gasteiger partial charge in [-0.25, -0.2) is 4.79 Å². The van der Waals surface area contributed by atoms with Crippen LogP contribution < -0.4 is 5.32 Å². The number of likely N-dealkylation sites (N-methyl/N-ethyl adjacent to an activating group) is 1. The first-order valence-corrected chi connectivity index (χ1v) is 13.1. The van der Waals surface area contributed by atoms with Gasteiger partial charge in [-0.15, -0.1) is 0 Å². The van der Waals surface area contributed by atoms with Crippen molar-refractivity contribution >= 4 is 11.9 Å². The Kier molecular flexibility index (Phi) is 15.9. The smallest absolute Gasteiger partial charge is 0.365 e. The number of nitrogens with zero attached hydrogens (tertiary/aromatic N) is 1. The SMILES string of the molecule is CCCCCCCCCCCCCC(=O)NC(CCC)[N+](C)(C)C(CC)(CC)C(=O)O. The number of aliphatic carboxylic acids is 1. The van der Waals surface area contributed by atoms with Gasteiger partial charge < -0.3 is 10.4 Å². The quantitative estimate of drug-likeness (QED) is 0.126. The molecular formula is C26H53N2O3+. The van der Waals surface area contributed by atoms with Crippen LogP contribution in [-0.4, -0.2) is 47.3 Å². The molecule has 5 nitrogen and oxygen atoms in total. The summed E-state index contributed by atoms with van der Waals surface area (Å²) < 4.78 is 0.285. The van der Waals surface area contributed by atoms with Crippen molar-refractivity contribution in [2.24, 2.45) is 0 Å². The van der Waals surface area contributed by atoms with Crippen LogP contribution in [0.4, 0.5) is 0 Å². The van der Waals surface area contributed by atoms with Gasteiger partial charge in [0.05, 0.1) is 14.1 Å². The molecular weight excluding hydrogens is 388 g/mol. The van der Waals surface area contributed by atoms with E-state index < -0.39 is 11.5 Å². The van der Waals surface area contributed by atoms with Crippen LogP contribution >= 0.6 is 0 Å². The van der Waals surface area contributed by atoms with E-state index in [1.165, 1.54) is 57.8 Å². The molecule has 0 aliphatic heterocycles. The van der Waals surface area contributed by atoms with Gasteiger partial charge in [0, 0.05) is 25.7 Å². The second-order valence-electron chi connectivity index (χ2n) is 9.74. The van der Waals surface area contributed by atoms with Gasteiger partial charge in [-0.2, -0.15) is 0 Å². The van der Waals surface area contributed by atoms with Crippen LogP contribution in [0.25, 0.3) is 0 Å². The van der Waals surface area contributed by atoms with Crippen molar-refractivity contribution in [1.82, 2.24) is 5.32 Å². The molecule has 0 heterocycles. The first-order valence-electron chi connectivity index (χ1n) is 13.1. The minimum Gasteiger partial charge on any atom is -0.477 e. The average Bonchev–Trinajstić information content (AvgIpc) is 2.72. The number of carbonyl (C=O) groups is 2. The minimum absolute atomic E-state index is 0.0621. The molecule has 1 amide bonds.